The fourth-order valence-electron chi connectivity index (χ4n) is 4.97. The maximum absolute atomic E-state index is 12.1. The molecule has 0 N–H and O–H groups in total. The van der Waals surface area contributed by atoms with E-state index in [-0.39, 0.29) is 17.2 Å². The van der Waals surface area contributed by atoms with Crippen LogP contribution >= 0.6 is 23.2 Å². The number of esters is 4. The van der Waals surface area contributed by atoms with Crippen LogP contribution < -0.4 is 9.47 Å². The van der Waals surface area contributed by atoms with Gasteiger partial charge >= 0.3 is 23.9 Å². The van der Waals surface area contributed by atoms with Gasteiger partial charge in [-0.15, -0.1) is 0 Å². The molecule has 2 heterocycles. The average Bonchev–Trinajstić information content (AvgIpc) is 3.58. The Hall–Kier alpha value is -5.46. The monoisotopic (exact) mass is 695 g/mol. The highest BCUT2D eigenvalue weighted by Crippen LogP contribution is 2.45. The number of halogens is 2. The van der Waals surface area contributed by atoms with Crippen molar-refractivity contribution in [2.75, 3.05) is 14.2 Å². The van der Waals surface area contributed by atoms with Crippen molar-refractivity contribution in [2.45, 2.75) is 26.1 Å². The van der Waals surface area contributed by atoms with E-state index in [2.05, 4.69) is 4.74 Å². The molecular weight excluding hydrogens is 669 g/mol. The Morgan fingerprint density at radius 2 is 1.19 bits per heavy atom. The lowest BCUT2D eigenvalue weighted by molar-refractivity contribution is -0.385. The number of carbonyl (C=O) groups excluding carboxylic acids is 4. The first-order chi connectivity index (χ1) is 22.9. The summed E-state index contributed by atoms with van der Waals surface area (Å²) < 4.78 is 25.3. The van der Waals surface area contributed by atoms with Crippen molar-refractivity contribution >= 4 is 52.8 Å². The minimum absolute atomic E-state index is 0.0655. The van der Waals surface area contributed by atoms with E-state index < -0.39 is 35.0 Å². The van der Waals surface area contributed by atoms with Crippen LogP contribution in [0, 0.1) is 10.1 Å². The second-order valence-electron chi connectivity index (χ2n) is 10.0. The maximum Gasteiger partial charge on any atom is 0.346 e. The molecule has 0 aliphatic carbocycles. The van der Waals surface area contributed by atoms with Crippen molar-refractivity contribution < 1.29 is 47.8 Å². The molecule has 0 amide bonds. The summed E-state index contributed by atoms with van der Waals surface area (Å²) in [7, 11) is 3.01. The standard InChI is InChI=1S/C15H10ClNO5.C15H11ClO3.C4H6O3/c1-21-11-7-6-10(17(19)20)12-13(11)14(22-15(12)18)8-2-4-9(16)5-3-8;1-18-12-4-2-3-11-13(12)14(19-15(11)17)9-5-7-10(16)8-6-9;1-3(5)7-4(2)6/h2-7,14H,1H3;2-8,14H,1H3;1-2H3. The van der Waals surface area contributed by atoms with E-state index in [4.69, 9.17) is 42.1 Å². The van der Waals surface area contributed by atoms with E-state index in [1.165, 1.54) is 33.1 Å². The number of benzene rings is 4. The Kier molecular flexibility index (Phi) is 11.4. The molecule has 4 aromatic carbocycles. The molecule has 0 spiro atoms. The lowest BCUT2D eigenvalue weighted by atomic mass is 9.97. The van der Waals surface area contributed by atoms with Gasteiger partial charge in [-0.05, 0) is 53.6 Å². The molecule has 48 heavy (non-hydrogen) atoms. The van der Waals surface area contributed by atoms with E-state index >= 15 is 0 Å². The van der Waals surface area contributed by atoms with E-state index in [1.807, 2.05) is 18.2 Å². The first-order valence-electron chi connectivity index (χ1n) is 14.0. The molecule has 0 fully saturated rings. The van der Waals surface area contributed by atoms with Gasteiger partial charge in [0.25, 0.3) is 5.69 Å². The Balaban J connectivity index is 0.000000183. The maximum atomic E-state index is 12.1. The highest BCUT2D eigenvalue weighted by atomic mass is 35.5. The highest BCUT2D eigenvalue weighted by molar-refractivity contribution is 6.30. The van der Waals surface area contributed by atoms with Crippen LogP contribution in [-0.4, -0.2) is 43.0 Å². The quantitative estimate of drug-likeness (QED) is 0.0682. The van der Waals surface area contributed by atoms with Gasteiger partial charge in [0, 0.05) is 30.0 Å². The van der Waals surface area contributed by atoms with Crippen molar-refractivity contribution in [3.05, 3.63) is 132 Å². The average molecular weight is 696 g/mol. The second kappa shape index (κ2) is 15.4. The minimum atomic E-state index is -0.755. The van der Waals surface area contributed by atoms with Crippen molar-refractivity contribution in [3.8, 4) is 11.5 Å². The third-order valence-electron chi connectivity index (χ3n) is 6.92. The lowest BCUT2D eigenvalue weighted by Gasteiger charge is -2.13. The number of rotatable bonds is 5. The number of hydrogen-bond acceptors (Lipinski definition) is 11. The number of fused-ring (bicyclic) bond motifs is 2. The number of nitrogens with zero attached hydrogens (tertiary/aromatic N) is 1. The molecule has 12 nitrogen and oxygen atoms in total. The molecule has 6 rings (SSSR count). The van der Waals surface area contributed by atoms with Crippen LogP contribution in [0.5, 0.6) is 11.5 Å². The van der Waals surface area contributed by atoms with Crippen LogP contribution in [0.3, 0.4) is 0 Å². The number of cyclic esters (lactones) is 2. The normalized spacial score (nSPS) is 15.2. The summed E-state index contributed by atoms with van der Waals surface area (Å²) in [4.78, 5) is 54.1. The molecule has 2 aliphatic rings. The summed E-state index contributed by atoms with van der Waals surface area (Å²) in [6.45, 7) is 2.36. The summed E-state index contributed by atoms with van der Waals surface area (Å²) in [6.07, 6.45) is -1.19. The molecule has 2 unspecified atom stereocenters. The van der Waals surface area contributed by atoms with Gasteiger partial charge in [0.15, 0.2) is 12.2 Å². The van der Waals surface area contributed by atoms with Crippen LogP contribution in [0.25, 0.3) is 0 Å². The number of ether oxygens (including phenoxy) is 5. The number of hydrogen-bond donors (Lipinski definition) is 0. The van der Waals surface area contributed by atoms with Gasteiger partial charge in [-0.1, -0.05) is 53.5 Å². The summed E-state index contributed by atoms with van der Waals surface area (Å²) in [6, 6.07) is 22.0. The van der Waals surface area contributed by atoms with Crippen LogP contribution in [0.4, 0.5) is 5.69 Å². The summed E-state index contributed by atoms with van der Waals surface area (Å²) in [5.41, 5.74) is 2.87. The first-order valence-corrected chi connectivity index (χ1v) is 14.8. The molecule has 0 saturated heterocycles. The Morgan fingerprint density at radius 1 is 0.708 bits per heavy atom. The zero-order valence-corrected chi connectivity index (χ0v) is 27.4. The van der Waals surface area contributed by atoms with E-state index in [9.17, 15) is 29.3 Å². The SMILES string of the molecule is CC(=O)OC(C)=O.COc1ccc([N+](=O)[O-])c2c1C(c1ccc(Cl)cc1)OC2=O.COc1cccc2c1C(c1ccc(Cl)cc1)OC2=O. The fourth-order valence-corrected chi connectivity index (χ4v) is 5.22. The van der Waals surface area contributed by atoms with Crippen molar-refractivity contribution in [2.24, 2.45) is 0 Å². The molecule has 14 heteroatoms. The lowest BCUT2D eigenvalue weighted by Crippen LogP contribution is -2.03. The Morgan fingerprint density at radius 3 is 1.65 bits per heavy atom. The van der Waals surface area contributed by atoms with Crippen LogP contribution in [-0.2, 0) is 23.8 Å². The van der Waals surface area contributed by atoms with Gasteiger partial charge in [0.1, 0.15) is 17.1 Å². The summed E-state index contributed by atoms with van der Waals surface area (Å²) in [5.74, 6) is -1.16. The summed E-state index contributed by atoms with van der Waals surface area (Å²) >= 11 is 11.7. The van der Waals surface area contributed by atoms with Crippen LogP contribution in [0.2, 0.25) is 10.0 Å². The molecular formula is C34H27Cl2NO11. The third-order valence-corrected chi connectivity index (χ3v) is 7.42. The van der Waals surface area contributed by atoms with Gasteiger partial charge < -0.3 is 23.7 Å². The largest absolute Gasteiger partial charge is 0.496 e. The topological polar surface area (TPSA) is 158 Å². The molecule has 0 saturated carbocycles. The molecule has 0 aromatic heterocycles. The van der Waals surface area contributed by atoms with Gasteiger partial charge in [0.05, 0.1) is 35.8 Å². The van der Waals surface area contributed by atoms with Crippen molar-refractivity contribution in [1.82, 2.24) is 0 Å². The van der Waals surface area contributed by atoms with Gasteiger partial charge in [-0.25, -0.2) is 9.59 Å². The smallest absolute Gasteiger partial charge is 0.346 e. The van der Waals surface area contributed by atoms with Crippen LogP contribution in [0.1, 0.15) is 69.0 Å². The molecule has 2 atom stereocenters. The van der Waals surface area contributed by atoms with Gasteiger partial charge in [-0.2, -0.15) is 0 Å². The Labute approximate surface area is 284 Å². The molecule has 4 aromatic rings. The Bertz CT molecular complexity index is 1860. The fraction of sp³-hybridized carbons (Fsp3) is 0.176. The molecule has 2 aliphatic heterocycles. The zero-order chi connectivity index (χ0) is 35.1. The molecule has 248 valence electrons. The molecule has 0 bridgehead atoms. The van der Waals surface area contributed by atoms with Crippen LogP contribution in [0.15, 0.2) is 78.9 Å². The number of nitro groups is 1. The predicted octanol–water partition coefficient (Wildman–Crippen LogP) is 7.22. The second-order valence-corrected chi connectivity index (χ2v) is 10.9. The van der Waals surface area contributed by atoms with Gasteiger partial charge in [-0.3, -0.25) is 19.7 Å². The number of nitro benzene ring substituents is 1. The van der Waals surface area contributed by atoms with Crippen molar-refractivity contribution in [1.29, 1.82) is 0 Å². The first kappa shape index (κ1) is 35.4. The predicted molar refractivity (Wildman–Crippen MR) is 173 cm³/mol. The molecule has 0 radical (unpaired) electrons. The number of methoxy groups -OCH3 is 2. The highest BCUT2D eigenvalue weighted by Gasteiger charge is 2.41. The van der Waals surface area contributed by atoms with Gasteiger partial charge in [0.2, 0.25) is 0 Å². The third kappa shape index (κ3) is 7.91. The van der Waals surface area contributed by atoms with Crippen molar-refractivity contribution in [3.63, 3.8) is 0 Å². The van der Waals surface area contributed by atoms with E-state index in [1.54, 1.807) is 55.6 Å². The van der Waals surface area contributed by atoms with E-state index in [0.29, 0.717) is 38.2 Å². The summed E-state index contributed by atoms with van der Waals surface area (Å²) in [5, 5.41) is 12.3. The zero-order valence-electron chi connectivity index (χ0n) is 25.9. The minimum Gasteiger partial charge on any atom is -0.496 e. The number of carbonyl (C=O) groups is 4. The van der Waals surface area contributed by atoms with E-state index in [0.717, 1.165) is 11.1 Å².